The zero-order chi connectivity index (χ0) is 34.1. The van der Waals surface area contributed by atoms with Crippen LogP contribution in [0.15, 0.2) is 85.2 Å². The van der Waals surface area contributed by atoms with E-state index in [0.29, 0.717) is 57.8 Å². The van der Waals surface area contributed by atoms with E-state index >= 15 is 0 Å². The molecule has 1 saturated heterocycles. The lowest BCUT2D eigenvalue weighted by molar-refractivity contribution is -0.123. The smallest absolute Gasteiger partial charge is 0.258 e. The molecule has 6 bridgehead atoms. The molecule has 2 aliphatic heterocycles. The molecule has 0 saturated carbocycles. The van der Waals surface area contributed by atoms with Crippen molar-refractivity contribution in [3.8, 4) is 28.4 Å². The SMILES string of the molecule is COc1ccc2cc1-c1cccc(c1)OCC(=O)NCc1cc(F)cc(c1)O[C@@H]1CCN(C(=O)c3ccc4c(c3)ncn4C)C[C@H]1NC2=O. The molecule has 1 aromatic heterocycles. The lowest BCUT2D eigenvalue weighted by Crippen LogP contribution is -2.58. The van der Waals surface area contributed by atoms with Crippen LogP contribution in [0.2, 0.25) is 0 Å². The number of hydrogen-bond donors (Lipinski definition) is 2. The molecule has 0 spiro atoms. The number of rotatable bonds is 2. The van der Waals surface area contributed by atoms with E-state index in [1.165, 1.54) is 12.1 Å². The molecular weight excluding hydrogens is 629 g/mol. The van der Waals surface area contributed by atoms with E-state index in [0.717, 1.165) is 5.52 Å². The zero-order valence-electron chi connectivity index (χ0n) is 26.9. The fourth-order valence-corrected chi connectivity index (χ4v) is 6.29. The van der Waals surface area contributed by atoms with E-state index < -0.39 is 18.0 Å². The van der Waals surface area contributed by atoms with Crippen molar-refractivity contribution in [1.82, 2.24) is 25.1 Å². The van der Waals surface area contributed by atoms with Gasteiger partial charge in [0.2, 0.25) is 0 Å². The van der Waals surface area contributed by atoms with Gasteiger partial charge in [0, 0.05) is 55.9 Å². The molecule has 3 heterocycles. The van der Waals surface area contributed by atoms with E-state index in [1.807, 2.05) is 23.7 Å². The number of fused-ring (bicyclic) bond motifs is 9. The predicted octanol–water partition coefficient (Wildman–Crippen LogP) is 4.49. The number of nitrogens with one attached hydrogen (secondary N) is 2. The average molecular weight is 664 g/mol. The standard InChI is InChI=1S/C37H34FN5O6/c1-42-21-40-30-16-25(6-8-32(30)42)37(46)43-11-10-34-31(19-43)41-36(45)24-7-9-33(47-2)29(15-24)23-4-3-5-27(14-23)48-20-35(44)39-18-22-12-26(38)17-28(13-22)49-34/h3-9,12-17,21,31,34H,10-11,18-20H2,1-2H3,(H,39,44)(H,41,45)/t31-,34-/m1/s1. The fraction of sp³-hybridized carbons (Fsp3) is 0.243. The van der Waals surface area contributed by atoms with E-state index in [4.69, 9.17) is 14.2 Å². The lowest BCUT2D eigenvalue weighted by Gasteiger charge is -2.39. The molecule has 7 rings (SSSR count). The van der Waals surface area contributed by atoms with Gasteiger partial charge in [-0.05, 0) is 71.8 Å². The van der Waals surface area contributed by atoms with Gasteiger partial charge >= 0.3 is 0 Å². The number of ether oxygens (including phenoxy) is 3. The Morgan fingerprint density at radius 1 is 1.00 bits per heavy atom. The maximum atomic E-state index is 14.8. The highest BCUT2D eigenvalue weighted by atomic mass is 19.1. The third kappa shape index (κ3) is 6.75. The van der Waals surface area contributed by atoms with Crippen molar-refractivity contribution in [3.63, 3.8) is 0 Å². The molecule has 2 aliphatic rings. The first-order valence-corrected chi connectivity index (χ1v) is 15.9. The Hall–Kier alpha value is -5.91. The number of piperidine rings is 1. The maximum Gasteiger partial charge on any atom is 0.258 e. The van der Waals surface area contributed by atoms with E-state index in [1.54, 1.807) is 72.9 Å². The minimum absolute atomic E-state index is 0.0487. The van der Waals surface area contributed by atoms with Gasteiger partial charge in [0.05, 0.1) is 30.5 Å². The van der Waals surface area contributed by atoms with Crippen LogP contribution >= 0.6 is 0 Å². The molecule has 1 fully saturated rings. The normalized spacial score (nSPS) is 18.1. The van der Waals surface area contributed by atoms with Gasteiger partial charge in [-0.1, -0.05) is 12.1 Å². The average Bonchev–Trinajstić information content (AvgIpc) is 3.49. The van der Waals surface area contributed by atoms with E-state index in [9.17, 15) is 18.8 Å². The van der Waals surface area contributed by atoms with Crippen molar-refractivity contribution in [2.75, 3.05) is 26.8 Å². The van der Waals surface area contributed by atoms with Crippen LogP contribution in [0.5, 0.6) is 17.2 Å². The Bertz CT molecular complexity index is 2080. The van der Waals surface area contributed by atoms with E-state index in [2.05, 4.69) is 15.6 Å². The van der Waals surface area contributed by atoms with Crippen LogP contribution in [-0.2, 0) is 18.4 Å². The predicted molar refractivity (Wildman–Crippen MR) is 179 cm³/mol. The first-order chi connectivity index (χ1) is 23.7. The third-order valence-electron chi connectivity index (χ3n) is 8.81. The number of benzene rings is 4. The third-order valence-corrected chi connectivity index (χ3v) is 8.81. The highest BCUT2D eigenvalue weighted by Crippen LogP contribution is 2.33. The monoisotopic (exact) mass is 663 g/mol. The molecule has 11 nitrogen and oxygen atoms in total. The second-order valence-corrected chi connectivity index (χ2v) is 12.1. The van der Waals surface area contributed by atoms with Gasteiger partial charge in [-0.15, -0.1) is 0 Å². The van der Waals surface area contributed by atoms with Crippen LogP contribution < -0.4 is 24.8 Å². The molecule has 12 heteroatoms. The Labute approximate surface area is 281 Å². The molecule has 0 unspecified atom stereocenters. The molecular formula is C37H34FN5O6. The molecule has 4 aromatic carbocycles. The Morgan fingerprint density at radius 2 is 1.88 bits per heavy atom. The summed E-state index contributed by atoms with van der Waals surface area (Å²) in [6.45, 7) is 0.289. The topological polar surface area (TPSA) is 124 Å². The van der Waals surface area contributed by atoms with Gasteiger partial charge < -0.3 is 34.3 Å². The van der Waals surface area contributed by atoms with Crippen LogP contribution in [0.25, 0.3) is 22.2 Å². The Morgan fingerprint density at radius 3 is 2.73 bits per heavy atom. The summed E-state index contributed by atoms with van der Waals surface area (Å²) in [6, 6.07) is 21.2. The van der Waals surface area contributed by atoms with Crippen LogP contribution in [-0.4, -0.2) is 71.1 Å². The maximum absolute atomic E-state index is 14.8. The first-order valence-electron chi connectivity index (χ1n) is 15.9. The van der Waals surface area contributed by atoms with Gasteiger partial charge in [0.25, 0.3) is 17.7 Å². The number of likely N-dealkylation sites (tertiary alicyclic amines) is 1. The number of aromatic nitrogens is 2. The quantitative estimate of drug-likeness (QED) is 0.285. The van der Waals surface area contributed by atoms with Crippen molar-refractivity contribution in [1.29, 1.82) is 0 Å². The van der Waals surface area contributed by atoms with Crippen molar-refractivity contribution in [3.05, 3.63) is 108 Å². The van der Waals surface area contributed by atoms with Crippen molar-refractivity contribution < 1.29 is 33.0 Å². The van der Waals surface area contributed by atoms with Gasteiger partial charge in [0.1, 0.15) is 29.2 Å². The fourth-order valence-electron chi connectivity index (χ4n) is 6.29. The van der Waals surface area contributed by atoms with Gasteiger partial charge in [0.15, 0.2) is 6.61 Å². The van der Waals surface area contributed by atoms with Gasteiger partial charge in [-0.3, -0.25) is 14.4 Å². The summed E-state index contributed by atoms with van der Waals surface area (Å²) in [5.74, 6) is -0.278. The summed E-state index contributed by atoms with van der Waals surface area (Å²) >= 11 is 0. The Kier molecular flexibility index (Phi) is 8.60. The molecule has 49 heavy (non-hydrogen) atoms. The second-order valence-electron chi connectivity index (χ2n) is 12.1. The summed E-state index contributed by atoms with van der Waals surface area (Å²) in [5, 5.41) is 5.85. The summed E-state index contributed by atoms with van der Waals surface area (Å²) in [5.41, 5.74) is 4.30. The summed E-state index contributed by atoms with van der Waals surface area (Å²) in [7, 11) is 3.43. The molecule has 2 atom stereocenters. The molecule has 2 N–H and O–H groups in total. The first kappa shape index (κ1) is 31.7. The molecule has 250 valence electrons. The van der Waals surface area contributed by atoms with Crippen molar-refractivity contribution in [2.24, 2.45) is 7.05 Å². The van der Waals surface area contributed by atoms with Crippen LogP contribution in [0.4, 0.5) is 4.39 Å². The summed E-state index contributed by atoms with van der Waals surface area (Å²) < 4.78 is 34.4. The van der Waals surface area contributed by atoms with Gasteiger partial charge in [-0.25, -0.2) is 9.37 Å². The van der Waals surface area contributed by atoms with Crippen LogP contribution in [0, 0.1) is 5.82 Å². The van der Waals surface area contributed by atoms with Crippen molar-refractivity contribution in [2.45, 2.75) is 25.1 Å². The number of imidazole rings is 1. The minimum atomic E-state index is -0.653. The highest BCUT2D eigenvalue weighted by Gasteiger charge is 2.35. The molecule has 0 radical (unpaired) electrons. The number of halogens is 1. The van der Waals surface area contributed by atoms with Crippen molar-refractivity contribution >= 4 is 28.8 Å². The largest absolute Gasteiger partial charge is 0.496 e. The van der Waals surface area contributed by atoms with E-state index in [-0.39, 0.29) is 43.2 Å². The van der Waals surface area contributed by atoms with Crippen LogP contribution in [0.1, 0.15) is 32.7 Å². The second kappa shape index (κ2) is 13.3. The zero-order valence-corrected chi connectivity index (χ0v) is 26.9. The number of aryl methyl sites for hydroxylation is 1. The van der Waals surface area contributed by atoms with Crippen LogP contribution in [0.3, 0.4) is 0 Å². The Balaban J connectivity index is 1.23. The minimum Gasteiger partial charge on any atom is -0.496 e. The molecule has 0 aliphatic carbocycles. The van der Waals surface area contributed by atoms with Gasteiger partial charge in [-0.2, -0.15) is 0 Å². The summed E-state index contributed by atoms with van der Waals surface area (Å²) in [4.78, 5) is 46.4. The highest BCUT2D eigenvalue weighted by molar-refractivity contribution is 5.98. The molecule has 5 aromatic rings. The number of methoxy groups -OCH3 is 1. The summed E-state index contributed by atoms with van der Waals surface area (Å²) in [6.07, 6.45) is 1.46. The molecule has 3 amide bonds. The number of nitrogens with zero attached hydrogens (tertiary/aromatic N) is 3. The number of amides is 3. The number of carbonyl (C=O) groups excluding carboxylic acids is 3. The number of hydrogen-bond acceptors (Lipinski definition) is 7. The number of carbonyl (C=O) groups is 3. The lowest BCUT2D eigenvalue weighted by atomic mass is 9.98.